The first-order chi connectivity index (χ1) is 16.2. The molecule has 34 heavy (non-hydrogen) atoms. The van der Waals surface area contributed by atoms with E-state index in [1.165, 1.54) is 12.1 Å². The molecule has 0 radical (unpaired) electrons. The predicted molar refractivity (Wildman–Crippen MR) is 113 cm³/mol. The Balaban J connectivity index is 1.41. The molecule has 1 aliphatic heterocycles. The predicted octanol–water partition coefficient (Wildman–Crippen LogP) is 4.53. The molecule has 1 saturated carbocycles. The highest BCUT2D eigenvalue weighted by Gasteiger charge is 2.48. The fraction of sp³-hybridized carbons (Fsp3) is 0.320. The van der Waals surface area contributed by atoms with Crippen LogP contribution in [-0.2, 0) is 25.2 Å². The third kappa shape index (κ3) is 5.47. The highest BCUT2D eigenvalue weighted by Crippen LogP contribution is 2.42. The maximum atomic E-state index is 12.8. The van der Waals surface area contributed by atoms with Crippen molar-refractivity contribution in [3.05, 3.63) is 77.4 Å². The number of Topliss-reactive ketones (excluding diaryl/α,β-unsaturated/α-hetero) is 1. The van der Waals surface area contributed by atoms with E-state index in [4.69, 9.17) is 14.2 Å². The number of esters is 2. The number of fused-ring (bicyclic) bond motifs is 1. The number of benzene rings is 2. The molecule has 0 unspecified atom stereocenters. The zero-order valence-corrected chi connectivity index (χ0v) is 17.9. The van der Waals surface area contributed by atoms with Crippen molar-refractivity contribution in [1.82, 2.24) is 0 Å². The van der Waals surface area contributed by atoms with Gasteiger partial charge in [-0.05, 0) is 35.9 Å². The van der Waals surface area contributed by atoms with E-state index in [1.807, 2.05) is 0 Å². The fourth-order valence-corrected chi connectivity index (χ4v) is 4.13. The van der Waals surface area contributed by atoms with Gasteiger partial charge in [0.05, 0.1) is 17.5 Å². The third-order valence-corrected chi connectivity index (χ3v) is 5.75. The second-order valence-corrected chi connectivity index (χ2v) is 8.10. The van der Waals surface area contributed by atoms with Gasteiger partial charge >= 0.3 is 18.1 Å². The number of rotatable bonds is 7. The Morgan fingerprint density at radius 1 is 1.09 bits per heavy atom. The first-order valence-corrected chi connectivity index (χ1v) is 10.7. The van der Waals surface area contributed by atoms with E-state index < -0.39 is 36.5 Å². The summed E-state index contributed by atoms with van der Waals surface area (Å²) < 4.78 is 54.7. The summed E-state index contributed by atoms with van der Waals surface area (Å²) >= 11 is 0. The number of hydrogen-bond acceptors (Lipinski definition) is 6. The number of halogens is 3. The summed E-state index contributed by atoms with van der Waals surface area (Å²) in [4.78, 5) is 36.6. The molecule has 0 bridgehead atoms. The normalized spacial score (nSPS) is 22.9. The van der Waals surface area contributed by atoms with Gasteiger partial charge in [0.1, 0.15) is 24.6 Å². The molecule has 6 nitrogen and oxygen atoms in total. The second-order valence-electron chi connectivity index (χ2n) is 8.10. The van der Waals surface area contributed by atoms with E-state index in [0.717, 1.165) is 12.1 Å². The Morgan fingerprint density at radius 3 is 2.59 bits per heavy atom. The summed E-state index contributed by atoms with van der Waals surface area (Å²) in [5, 5.41) is 0. The third-order valence-electron chi connectivity index (χ3n) is 5.75. The number of hydrogen-bond donors (Lipinski definition) is 0. The maximum Gasteiger partial charge on any atom is 0.416 e. The lowest BCUT2D eigenvalue weighted by Crippen LogP contribution is -2.20. The Hall–Kier alpha value is -3.62. The highest BCUT2D eigenvalue weighted by molar-refractivity contribution is 5.89. The minimum absolute atomic E-state index is 0.0683. The smallest absolute Gasteiger partial charge is 0.416 e. The second kappa shape index (κ2) is 9.70. The molecule has 2 aliphatic rings. The standard InChI is InChI=1S/C25H21F3O6/c26-25(27,28)16-7-4-8-18(11-16)32-14-17(29)9-10-19-20-12-23(30)33-22(20)13-21(19)34-24(31)15-5-2-1-3-6-15/h1-8,10-11,20-22H,9,12-14H2/t20-,21-,22+/m1/s1. The number of carbonyl (C=O) groups is 3. The molecule has 2 aromatic carbocycles. The van der Waals surface area contributed by atoms with Crippen LogP contribution in [0.4, 0.5) is 13.2 Å². The molecule has 1 aliphatic carbocycles. The van der Waals surface area contributed by atoms with E-state index in [-0.39, 0.29) is 36.3 Å². The topological polar surface area (TPSA) is 78.9 Å². The van der Waals surface area contributed by atoms with Crippen LogP contribution in [0.25, 0.3) is 0 Å². The Bertz CT molecular complexity index is 1110. The van der Waals surface area contributed by atoms with E-state index in [0.29, 0.717) is 17.6 Å². The van der Waals surface area contributed by atoms with Gasteiger partial charge in [-0.2, -0.15) is 13.2 Å². The average molecular weight is 474 g/mol. The van der Waals surface area contributed by atoms with E-state index in [9.17, 15) is 27.6 Å². The quantitative estimate of drug-likeness (QED) is 0.434. The molecule has 4 rings (SSSR count). The number of ketones is 1. The Labute approximate surface area is 193 Å². The molecule has 3 atom stereocenters. The fourth-order valence-electron chi connectivity index (χ4n) is 4.13. The summed E-state index contributed by atoms with van der Waals surface area (Å²) in [6.45, 7) is -0.427. The van der Waals surface area contributed by atoms with Gasteiger partial charge in [-0.25, -0.2) is 4.79 Å². The van der Waals surface area contributed by atoms with Crippen LogP contribution in [0.2, 0.25) is 0 Å². The summed E-state index contributed by atoms with van der Waals surface area (Å²) in [5.41, 5.74) is 0.138. The van der Waals surface area contributed by atoms with Crippen molar-refractivity contribution >= 4 is 17.7 Å². The number of carbonyl (C=O) groups excluding carboxylic acids is 3. The van der Waals surface area contributed by atoms with E-state index >= 15 is 0 Å². The van der Waals surface area contributed by atoms with Crippen LogP contribution in [0, 0.1) is 5.92 Å². The van der Waals surface area contributed by atoms with Crippen molar-refractivity contribution in [3.63, 3.8) is 0 Å². The van der Waals surface area contributed by atoms with Crippen LogP contribution in [0.15, 0.2) is 66.2 Å². The van der Waals surface area contributed by atoms with Crippen molar-refractivity contribution in [2.75, 3.05) is 6.61 Å². The number of allylic oxidation sites excluding steroid dienone is 1. The summed E-state index contributed by atoms with van der Waals surface area (Å²) in [7, 11) is 0. The van der Waals surface area contributed by atoms with Gasteiger partial charge in [-0.3, -0.25) is 9.59 Å². The molecule has 1 saturated heterocycles. The zero-order chi connectivity index (χ0) is 24.3. The van der Waals surface area contributed by atoms with E-state index in [2.05, 4.69) is 0 Å². The molecule has 2 fully saturated rings. The van der Waals surface area contributed by atoms with Crippen molar-refractivity contribution in [2.45, 2.75) is 37.6 Å². The van der Waals surface area contributed by atoms with Gasteiger partial charge in [0.15, 0.2) is 5.78 Å². The van der Waals surface area contributed by atoms with Crippen LogP contribution in [0.1, 0.15) is 35.2 Å². The molecule has 9 heteroatoms. The molecule has 2 aromatic rings. The van der Waals surface area contributed by atoms with Gasteiger partial charge in [-0.15, -0.1) is 0 Å². The van der Waals surface area contributed by atoms with Gasteiger partial charge in [0.25, 0.3) is 0 Å². The van der Waals surface area contributed by atoms with Crippen molar-refractivity contribution in [2.24, 2.45) is 5.92 Å². The lowest BCUT2D eigenvalue weighted by atomic mass is 9.97. The molecule has 178 valence electrons. The largest absolute Gasteiger partial charge is 0.486 e. The first-order valence-electron chi connectivity index (χ1n) is 10.7. The maximum absolute atomic E-state index is 12.8. The van der Waals surface area contributed by atoms with Crippen LogP contribution in [0.5, 0.6) is 5.75 Å². The molecular formula is C25H21F3O6. The molecule has 0 N–H and O–H groups in total. The average Bonchev–Trinajstić information content (AvgIpc) is 3.31. The van der Waals surface area contributed by atoms with Gasteiger partial charge in [0.2, 0.25) is 0 Å². The molecule has 1 heterocycles. The number of alkyl halides is 3. The van der Waals surface area contributed by atoms with Crippen LogP contribution < -0.4 is 4.74 Å². The molecule has 0 spiro atoms. The summed E-state index contributed by atoms with van der Waals surface area (Å²) in [5.74, 6) is -1.62. The minimum atomic E-state index is -4.51. The van der Waals surface area contributed by atoms with E-state index in [1.54, 1.807) is 36.4 Å². The highest BCUT2D eigenvalue weighted by atomic mass is 19.4. The van der Waals surface area contributed by atoms with Gasteiger partial charge < -0.3 is 14.2 Å². The first kappa shape index (κ1) is 23.5. The van der Waals surface area contributed by atoms with Crippen molar-refractivity contribution in [3.8, 4) is 5.75 Å². The molecular weight excluding hydrogens is 453 g/mol. The lowest BCUT2D eigenvalue weighted by molar-refractivity contribution is -0.142. The zero-order valence-electron chi connectivity index (χ0n) is 17.9. The van der Waals surface area contributed by atoms with Crippen molar-refractivity contribution < 1.29 is 41.8 Å². The van der Waals surface area contributed by atoms with Crippen LogP contribution in [0.3, 0.4) is 0 Å². The monoisotopic (exact) mass is 474 g/mol. The summed E-state index contributed by atoms with van der Waals surface area (Å²) in [6, 6.07) is 12.7. The van der Waals surface area contributed by atoms with Crippen LogP contribution in [-0.4, -0.2) is 36.5 Å². The van der Waals surface area contributed by atoms with Crippen LogP contribution >= 0.6 is 0 Å². The Kier molecular flexibility index (Phi) is 6.72. The van der Waals surface area contributed by atoms with Gasteiger partial charge in [-0.1, -0.05) is 30.3 Å². The molecule has 0 amide bonds. The number of ether oxygens (including phenoxy) is 3. The SMILES string of the molecule is O=C(CC=C1[C@H]2CC(=O)O[C@H]2C[C@H]1OC(=O)c1ccccc1)COc1cccc(C(F)(F)F)c1. The van der Waals surface area contributed by atoms with Gasteiger partial charge in [0, 0.05) is 18.8 Å². The summed E-state index contributed by atoms with van der Waals surface area (Å²) in [6.07, 6.45) is -3.64. The lowest BCUT2D eigenvalue weighted by Gasteiger charge is -2.16. The van der Waals surface area contributed by atoms with Crippen molar-refractivity contribution in [1.29, 1.82) is 0 Å². The minimum Gasteiger partial charge on any atom is -0.486 e. The Morgan fingerprint density at radius 2 is 1.85 bits per heavy atom. The molecule has 0 aromatic heterocycles.